The molecule has 1 heterocycles. The van der Waals surface area contributed by atoms with Crippen LogP contribution in [0.25, 0.3) is 0 Å². The minimum atomic E-state index is 0.712. The first-order chi connectivity index (χ1) is 9.78. The van der Waals surface area contributed by atoms with Crippen molar-refractivity contribution in [1.82, 2.24) is 0 Å². The number of hydrogen-bond acceptors (Lipinski definition) is 2. The van der Waals surface area contributed by atoms with Crippen LogP contribution in [-0.4, -0.2) is 13.2 Å². The molecule has 2 aromatic rings. The second-order valence-electron chi connectivity index (χ2n) is 4.80. The zero-order chi connectivity index (χ0) is 13.9. The summed E-state index contributed by atoms with van der Waals surface area (Å²) in [7, 11) is 0. The van der Waals surface area contributed by atoms with E-state index in [2.05, 4.69) is 67.1 Å². The largest absolute Gasteiger partial charge is 0.491 e. The maximum Gasteiger partial charge on any atom is 0.124 e. The molecule has 0 fully saturated rings. The van der Waals surface area contributed by atoms with Crippen LogP contribution < -0.4 is 9.64 Å². The molecular weight excluding hydrogens is 382 g/mol. The van der Waals surface area contributed by atoms with Crippen molar-refractivity contribution >= 4 is 37.5 Å². The smallest absolute Gasteiger partial charge is 0.124 e. The Morgan fingerprint density at radius 3 is 2.80 bits per heavy atom. The van der Waals surface area contributed by atoms with Crippen molar-refractivity contribution in [3.05, 3.63) is 58.1 Å². The van der Waals surface area contributed by atoms with Gasteiger partial charge >= 0.3 is 0 Å². The highest BCUT2D eigenvalue weighted by molar-refractivity contribution is 9.10. The van der Waals surface area contributed by atoms with E-state index >= 15 is 0 Å². The zero-order valence-electron chi connectivity index (χ0n) is 11.0. The van der Waals surface area contributed by atoms with Crippen molar-refractivity contribution < 1.29 is 4.74 Å². The van der Waals surface area contributed by atoms with Crippen molar-refractivity contribution in [3.63, 3.8) is 0 Å². The number of benzene rings is 2. The molecule has 0 aliphatic carbocycles. The lowest BCUT2D eigenvalue weighted by molar-refractivity contribution is 0.331. The predicted molar refractivity (Wildman–Crippen MR) is 89.8 cm³/mol. The quantitative estimate of drug-likeness (QED) is 0.679. The van der Waals surface area contributed by atoms with Crippen LogP contribution in [0.2, 0.25) is 0 Å². The van der Waals surface area contributed by atoms with Crippen LogP contribution in [0.4, 0.5) is 5.69 Å². The van der Waals surface area contributed by atoms with Crippen LogP contribution >= 0.6 is 31.9 Å². The summed E-state index contributed by atoms with van der Waals surface area (Å²) in [5.41, 5.74) is 3.73. The Labute approximate surface area is 136 Å². The van der Waals surface area contributed by atoms with Crippen LogP contribution in [0.5, 0.6) is 5.75 Å². The van der Waals surface area contributed by atoms with Crippen LogP contribution in [0, 0.1) is 0 Å². The van der Waals surface area contributed by atoms with E-state index in [1.807, 2.05) is 12.1 Å². The molecular formula is C16H15Br2NO. The van der Waals surface area contributed by atoms with Gasteiger partial charge in [0.05, 0.1) is 12.2 Å². The standard InChI is InChI=1S/C16H15Br2NO/c17-10-12-5-6-15(14(18)9-12)19-7-8-20-16-4-2-1-3-13(16)11-19/h1-6,9H,7-8,10-11H2. The van der Waals surface area contributed by atoms with E-state index < -0.39 is 0 Å². The summed E-state index contributed by atoms with van der Waals surface area (Å²) >= 11 is 7.18. The monoisotopic (exact) mass is 395 g/mol. The van der Waals surface area contributed by atoms with E-state index in [0.29, 0.717) is 6.61 Å². The number of para-hydroxylation sites is 1. The molecule has 104 valence electrons. The van der Waals surface area contributed by atoms with Gasteiger partial charge in [-0.3, -0.25) is 0 Å². The van der Waals surface area contributed by atoms with Gasteiger partial charge in [0.1, 0.15) is 12.4 Å². The van der Waals surface area contributed by atoms with Gasteiger partial charge in [0.15, 0.2) is 0 Å². The van der Waals surface area contributed by atoms with Gasteiger partial charge in [0.2, 0.25) is 0 Å². The van der Waals surface area contributed by atoms with E-state index in [-0.39, 0.29) is 0 Å². The first-order valence-corrected chi connectivity index (χ1v) is 8.49. The molecule has 0 saturated heterocycles. The number of ether oxygens (including phenoxy) is 1. The predicted octanol–water partition coefficient (Wildman–Crippen LogP) is 4.74. The third-order valence-electron chi connectivity index (χ3n) is 3.46. The van der Waals surface area contributed by atoms with Gasteiger partial charge in [-0.25, -0.2) is 0 Å². The molecule has 0 unspecified atom stereocenters. The molecule has 0 spiro atoms. The summed E-state index contributed by atoms with van der Waals surface area (Å²) < 4.78 is 6.95. The van der Waals surface area contributed by atoms with Crippen LogP contribution in [-0.2, 0) is 11.9 Å². The summed E-state index contributed by atoms with van der Waals surface area (Å²) in [6.07, 6.45) is 0. The van der Waals surface area contributed by atoms with E-state index in [9.17, 15) is 0 Å². The Bertz CT molecular complexity index is 615. The van der Waals surface area contributed by atoms with E-state index in [0.717, 1.165) is 28.6 Å². The lowest BCUT2D eigenvalue weighted by Crippen LogP contribution is -2.25. The fraction of sp³-hybridized carbons (Fsp3) is 0.250. The normalized spacial score (nSPS) is 14.4. The highest BCUT2D eigenvalue weighted by atomic mass is 79.9. The topological polar surface area (TPSA) is 12.5 Å². The summed E-state index contributed by atoms with van der Waals surface area (Å²) in [6, 6.07) is 14.8. The number of anilines is 1. The van der Waals surface area contributed by atoms with Crippen molar-refractivity contribution in [2.45, 2.75) is 11.9 Å². The lowest BCUT2D eigenvalue weighted by atomic mass is 10.1. The maximum absolute atomic E-state index is 5.82. The molecule has 2 nitrogen and oxygen atoms in total. The molecule has 2 aromatic carbocycles. The van der Waals surface area contributed by atoms with Gasteiger partial charge in [-0.2, -0.15) is 0 Å². The van der Waals surface area contributed by atoms with Gasteiger partial charge < -0.3 is 9.64 Å². The minimum absolute atomic E-state index is 0.712. The van der Waals surface area contributed by atoms with E-state index in [1.165, 1.54) is 16.8 Å². The van der Waals surface area contributed by atoms with E-state index in [4.69, 9.17) is 4.74 Å². The molecule has 0 bridgehead atoms. The van der Waals surface area contributed by atoms with Gasteiger partial charge in [0, 0.05) is 21.9 Å². The first kappa shape index (κ1) is 14.0. The molecule has 0 saturated carbocycles. The second-order valence-corrected chi connectivity index (χ2v) is 6.21. The van der Waals surface area contributed by atoms with Crippen molar-refractivity contribution in [2.75, 3.05) is 18.1 Å². The average molecular weight is 397 g/mol. The first-order valence-electron chi connectivity index (χ1n) is 6.58. The lowest BCUT2D eigenvalue weighted by Gasteiger charge is -2.23. The van der Waals surface area contributed by atoms with Crippen molar-refractivity contribution in [3.8, 4) is 5.75 Å². The molecule has 3 rings (SSSR count). The van der Waals surface area contributed by atoms with Crippen LogP contribution in [0.1, 0.15) is 11.1 Å². The Kier molecular flexibility index (Phi) is 4.32. The van der Waals surface area contributed by atoms with E-state index in [1.54, 1.807) is 0 Å². The average Bonchev–Trinajstić information content (AvgIpc) is 2.69. The van der Waals surface area contributed by atoms with Gasteiger partial charge in [-0.1, -0.05) is 40.2 Å². The number of hydrogen-bond donors (Lipinski definition) is 0. The third-order valence-corrected chi connectivity index (χ3v) is 4.74. The SMILES string of the molecule is BrCc1ccc(N2CCOc3ccccc3C2)c(Br)c1. The zero-order valence-corrected chi connectivity index (χ0v) is 14.2. The van der Waals surface area contributed by atoms with Crippen LogP contribution in [0.3, 0.4) is 0 Å². The molecule has 0 N–H and O–H groups in total. The molecule has 1 aliphatic rings. The van der Waals surface area contributed by atoms with Crippen molar-refractivity contribution in [2.24, 2.45) is 0 Å². The summed E-state index contributed by atoms with van der Waals surface area (Å²) in [6.45, 7) is 2.48. The molecule has 0 atom stereocenters. The highest BCUT2D eigenvalue weighted by Crippen LogP contribution is 2.32. The fourth-order valence-corrected chi connectivity index (χ4v) is 3.45. The summed E-state index contributed by atoms with van der Waals surface area (Å²) in [4.78, 5) is 2.36. The highest BCUT2D eigenvalue weighted by Gasteiger charge is 2.17. The maximum atomic E-state index is 5.82. The molecule has 4 heteroatoms. The molecule has 0 radical (unpaired) electrons. The fourth-order valence-electron chi connectivity index (χ4n) is 2.42. The number of alkyl halides is 1. The Morgan fingerprint density at radius 2 is 2.00 bits per heavy atom. The van der Waals surface area contributed by atoms with Crippen LogP contribution in [0.15, 0.2) is 46.9 Å². The number of rotatable bonds is 2. The van der Waals surface area contributed by atoms with Crippen molar-refractivity contribution in [1.29, 1.82) is 0 Å². The Balaban J connectivity index is 1.91. The number of nitrogens with zero attached hydrogens (tertiary/aromatic N) is 1. The Hall–Kier alpha value is -1.00. The third kappa shape index (κ3) is 2.86. The minimum Gasteiger partial charge on any atom is -0.491 e. The number of fused-ring (bicyclic) bond motifs is 1. The van der Waals surface area contributed by atoms with Gasteiger partial charge in [-0.05, 0) is 39.7 Å². The van der Waals surface area contributed by atoms with Gasteiger partial charge in [0.25, 0.3) is 0 Å². The van der Waals surface area contributed by atoms with Gasteiger partial charge in [-0.15, -0.1) is 0 Å². The Morgan fingerprint density at radius 1 is 1.15 bits per heavy atom. The summed E-state index contributed by atoms with van der Waals surface area (Å²) in [5, 5.41) is 0.873. The molecule has 20 heavy (non-hydrogen) atoms. The number of halogens is 2. The molecule has 0 aromatic heterocycles. The molecule has 1 aliphatic heterocycles. The summed E-state index contributed by atoms with van der Waals surface area (Å²) in [5.74, 6) is 1.00. The molecule has 0 amide bonds. The second kappa shape index (κ2) is 6.19.